The minimum Gasteiger partial charge on any atom is -0.391 e. The average Bonchev–Trinajstić information content (AvgIpc) is 3.51. The van der Waals surface area contributed by atoms with E-state index in [1.54, 1.807) is 18.9 Å². The van der Waals surface area contributed by atoms with Crippen LogP contribution in [0.25, 0.3) is 0 Å². The molecule has 0 radical (unpaired) electrons. The number of aliphatic hydroxyl groups is 1. The summed E-state index contributed by atoms with van der Waals surface area (Å²) in [7, 11) is 3.09. The zero-order chi connectivity index (χ0) is 24.3. The standard InChI is InChI=1S/C21H33N7O5/c1-14(29)16(18(31)27-9-5-6-10-27)24-15(30)12-25(3)20(33)21(2)8-7-11-28(21)19(32)17-22-13-23-26(17)4/h13-14,16,29H,5-12H2,1-4H3,(H,24,30)/t14-,16+,21?/m1/s1. The Hall–Kier alpha value is -3.02. The van der Waals surface area contributed by atoms with Crippen LogP contribution in [0.15, 0.2) is 6.33 Å². The number of likely N-dealkylation sites (tertiary alicyclic amines) is 2. The quantitative estimate of drug-likeness (QED) is 0.515. The summed E-state index contributed by atoms with van der Waals surface area (Å²) in [5.74, 6) is -1.53. The second-order valence-electron chi connectivity index (χ2n) is 9.02. The van der Waals surface area contributed by atoms with Gasteiger partial charge in [0.15, 0.2) is 0 Å². The third-order valence-corrected chi connectivity index (χ3v) is 6.46. The Morgan fingerprint density at radius 3 is 2.45 bits per heavy atom. The monoisotopic (exact) mass is 463 g/mol. The molecule has 12 nitrogen and oxygen atoms in total. The van der Waals surface area contributed by atoms with E-state index in [1.165, 1.54) is 34.8 Å². The lowest BCUT2D eigenvalue weighted by atomic mass is 9.96. The van der Waals surface area contributed by atoms with Gasteiger partial charge in [0, 0.05) is 33.7 Å². The summed E-state index contributed by atoms with van der Waals surface area (Å²) < 4.78 is 1.36. The summed E-state index contributed by atoms with van der Waals surface area (Å²) >= 11 is 0. The molecule has 3 atom stereocenters. The largest absolute Gasteiger partial charge is 0.391 e. The number of nitrogens with one attached hydrogen (secondary N) is 1. The van der Waals surface area contributed by atoms with Crippen molar-refractivity contribution in [1.82, 2.24) is 34.8 Å². The van der Waals surface area contributed by atoms with Crippen LogP contribution in [0.1, 0.15) is 50.1 Å². The minimum absolute atomic E-state index is 0.136. The van der Waals surface area contributed by atoms with Gasteiger partial charge in [0.1, 0.15) is 17.9 Å². The Balaban J connectivity index is 1.65. The summed E-state index contributed by atoms with van der Waals surface area (Å²) in [5, 5.41) is 16.5. The number of aryl methyl sites for hydroxylation is 1. The van der Waals surface area contributed by atoms with E-state index in [4.69, 9.17) is 0 Å². The van der Waals surface area contributed by atoms with E-state index in [0.717, 1.165) is 12.8 Å². The normalized spacial score (nSPS) is 22.2. The first-order valence-electron chi connectivity index (χ1n) is 11.2. The van der Waals surface area contributed by atoms with Crippen molar-refractivity contribution >= 4 is 23.6 Å². The molecule has 3 heterocycles. The van der Waals surface area contributed by atoms with E-state index in [9.17, 15) is 24.3 Å². The number of hydrogen-bond acceptors (Lipinski definition) is 7. The molecule has 0 aromatic carbocycles. The second kappa shape index (κ2) is 9.86. The molecule has 0 saturated carbocycles. The highest BCUT2D eigenvalue weighted by atomic mass is 16.3. The first kappa shape index (κ1) is 24.6. The Morgan fingerprint density at radius 2 is 1.88 bits per heavy atom. The minimum atomic E-state index is -1.13. The van der Waals surface area contributed by atoms with Crippen LogP contribution in [-0.4, -0.2) is 109 Å². The maximum atomic E-state index is 13.3. The number of carbonyl (C=O) groups excluding carboxylic acids is 4. The van der Waals surface area contributed by atoms with Gasteiger partial charge in [-0.15, -0.1) is 0 Å². The fourth-order valence-corrected chi connectivity index (χ4v) is 4.56. The molecule has 1 aromatic heterocycles. The third kappa shape index (κ3) is 5.00. The van der Waals surface area contributed by atoms with Crippen LogP contribution in [0.5, 0.6) is 0 Å². The summed E-state index contributed by atoms with van der Waals surface area (Å²) in [5.41, 5.74) is -1.13. The maximum absolute atomic E-state index is 13.3. The molecule has 1 aromatic rings. The lowest BCUT2D eigenvalue weighted by molar-refractivity contribution is -0.143. The van der Waals surface area contributed by atoms with Gasteiger partial charge >= 0.3 is 0 Å². The SMILES string of the molecule is C[C@@H](O)[C@H](NC(=O)CN(C)C(=O)C1(C)CCCN1C(=O)c1ncnn1C)C(=O)N1CCCC1. The number of aromatic nitrogens is 3. The Morgan fingerprint density at radius 1 is 1.21 bits per heavy atom. The van der Waals surface area contributed by atoms with Crippen molar-refractivity contribution in [2.75, 3.05) is 33.2 Å². The predicted octanol–water partition coefficient (Wildman–Crippen LogP) is -1.24. The fraction of sp³-hybridized carbons (Fsp3) is 0.714. The molecule has 12 heteroatoms. The first-order valence-corrected chi connectivity index (χ1v) is 11.2. The van der Waals surface area contributed by atoms with E-state index in [2.05, 4.69) is 15.4 Å². The van der Waals surface area contributed by atoms with Gasteiger partial charge in [-0.2, -0.15) is 5.10 Å². The van der Waals surface area contributed by atoms with Gasteiger partial charge in [0.25, 0.3) is 5.91 Å². The molecule has 182 valence electrons. The molecule has 2 aliphatic rings. The number of carbonyl (C=O) groups is 4. The Bertz CT molecular complexity index is 911. The van der Waals surface area contributed by atoms with Crippen LogP contribution in [0.4, 0.5) is 0 Å². The molecular formula is C21H33N7O5. The van der Waals surface area contributed by atoms with Gasteiger partial charge in [0.2, 0.25) is 23.5 Å². The van der Waals surface area contributed by atoms with Gasteiger partial charge in [-0.3, -0.25) is 19.2 Å². The third-order valence-electron chi connectivity index (χ3n) is 6.46. The summed E-state index contributed by atoms with van der Waals surface area (Å²) in [6, 6.07) is -1.07. The molecule has 2 fully saturated rings. The highest BCUT2D eigenvalue weighted by Crippen LogP contribution is 2.32. The van der Waals surface area contributed by atoms with E-state index in [-0.39, 0.29) is 24.2 Å². The van der Waals surface area contributed by atoms with E-state index in [0.29, 0.717) is 32.5 Å². The number of aliphatic hydroxyl groups excluding tert-OH is 1. The molecule has 2 aliphatic heterocycles. The molecule has 4 amide bonds. The molecule has 0 aliphatic carbocycles. The highest BCUT2D eigenvalue weighted by molar-refractivity contribution is 5.98. The van der Waals surface area contributed by atoms with Gasteiger partial charge in [-0.25, -0.2) is 9.67 Å². The number of rotatable bonds is 7. The van der Waals surface area contributed by atoms with Crippen molar-refractivity contribution in [3.63, 3.8) is 0 Å². The van der Waals surface area contributed by atoms with Gasteiger partial charge < -0.3 is 25.1 Å². The van der Waals surface area contributed by atoms with Gasteiger partial charge in [-0.1, -0.05) is 0 Å². The molecular weight excluding hydrogens is 430 g/mol. The Labute approximate surface area is 192 Å². The smallest absolute Gasteiger partial charge is 0.292 e. The maximum Gasteiger partial charge on any atom is 0.292 e. The first-order chi connectivity index (χ1) is 15.6. The van der Waals surface area contributed by atoms with Crippen molar-refractivity contribution in [1.29, 1.82) is 0 Å². The van der Waals surface area contributed by atoms with Crippen molar-refractivity contribution in [2.45, 2.75) is 57.2 Å². The van der Waals surface area contributed by atoms with Crippen LogP contribution in [0, 0.1) is 0 Å². The van der Waals surface area contributed by atoms with Crippen LogP contribution in [0.3, 0.4) is 0 Å². The lowest BCUT2D eigenvalue weighted by Gasteiger charge is -2.36. The summed E-state index contributed by atoms with van der Waals surface area (Å²) in [4.78, 5) is 60.0. The van der Waals surface area contributed by atoms with Crippen LogP contribution in [-0.2, 0) is 21.4 Å². The van der Waals surface area contributed by atoms with Crippen molar-refractivity contribution in [3.05, 3.63) is 12.2 Å². The van der Waals surface area contributed by atoms with Crippen LogP contribution in [0.2, 0.25) is 0 Å². The number of likely N-dealkylation sites (N-methyl/N-ethyl adjacent to an activating group) is 1. The molecule has 0 spiro atoms. The lowest BCUT2D eigenvalue weighted by Crippen LogP contribution is -2.58. The van der Waals surface area contributed by atoms with E-state index in [1.807, 2.05) is 0 Å². The topological polar surface area (TPSA) is 141 Å². The summed E-state index contributed by atoms with van der Waals surface area (Å²) in [6.07, 6.45) is 3.08. The van der Waals surface area contributed by atoms with Gasteiger partial charge in [0.05, 0.1) is 12.6 Å². The highest BCUT2D eigenvalue weighted by Gasteiger charge is 2.48. The van der Waals surface area contributed by atoms with Crippen LogP contribution < -0.4 is 5.32 Å². The molecule has 1 unspecified atom stereocenters. The van der Waals surface area contributed by atoms with Crippen LogP contribution >= 0.6 is 0 Å². The zero-order valence-electron chi connectivity index (χ0n) is 19.7. The van der Waals surface area contributed by atoms with Crippen molar-refractivity contribution in [2.24, 2.45) is 7.05 Å². The molecule has 33 heavy (non-hydrogen) atoms. The van der Waals surface area contributed by atoms with E-state index >= 15 is 0 Å². The second-order valence-corrected chi connectivity index (χ2v) is 9.02. The Kier molecular flexibility index (Phi) is 7.35. The molecule has 2 saturated heterocycles. The van der Waals surface area contributed by atoms with Gasteiger partial charge in [-0.05, 0) is 39.5 Å². The summed E-state index contributed by atoms with van der Waals surface area (Å²) in [6.45, 7) is 4.41. The molecule has 2 N–H and O–H groups in total. The molecule has 3 rings (SSSR count). The number of nitrogens with zero attached hydrogens (tertiary/aromatic N) is 6. The average molecular weight is 464 g/mol. The molecule has 0 bridgehead atoms. The zero-order valence-corrected chi connectivity index (χ0v) is 19.7. The van der Waals surface area contributed by atoms with Crippen molar-refractivity contribution < 1.29 is 24.3 Å². The predicted molar refractivity (Wildman–Crippen MR) is 117 cm³/mol. The van der Waals surface area contributed by atoms with Crippen molar-refractivity contribution in [3.8, 4) is 0 Å². The number of amides is 4. The van der Waals surface area contributed by atoms with E-state index < -0.39 is 29.5 Å². The number of hydrogen-bond donors (Lipinski definition) is 2. The fourth-order valence-electron chi connectivity index (χ4n) is 4.56.